The highest BCUT2D eigenvalue weighted by Gasteiger charge is 2.47. The molecule has 3 aliphatic rings. The topological polar surface area (TPSA) is 98.1 Å². The van der Waals surface area contributed by atoms with Crippen molar-refractivity contribution in [3.63, 3.8) is 0 Å². The Bertz CT molecular complexity index is 868. The molecule has 0 bridgehead atoms. The number of piperidine rings is 1. The van der Waals surface area contributed by atoms with Crippen molar-refractivity contribution in [2.24, 2.45) is 5.41 Å². The number of hydrogen-bond acceptors (Lipinski definition) is 4. The molecule has 2 heterocycles. The first-order valence-corrected chi connectivity index (χ1v) is 10.8. The van der Waals surface area contributed by atoms with Gasteiger partial charge in [0.1, 0.15) is 11.6 Å². The van der Waals surface area contributed by atoms with Crippen LogP contribution in [-0.2, 0) is 10.7 Å². The normalized spacial score (nSPS) is 21.6. The van der Waals surface area contributed by atoms with Crippen molar-refractivity contribution in [3.05, 3.63) is 30.1 Å². The van der Waals surface area contributed by atoms with Gasteiger partial charge < -0.3 is 15.5 Å². The number of amides is 3. The zero-order valence-electron chi connectivity index (χ0n) is 17.4. The molecule has 1 atom stereocenters. The molecular formula is C22H27F2N5O2. The van der Waals surface area contributed by atoms with E-state index in [-0.39, 0.29) is 12.0 Å². The molecule has 1 aliphatic heterocycles. The lowest BCUT2D eigenvalue weighted by molar-refractivity contribution is -0.124. The Labute approximate surface area is 180 Å². The summed E-state index contributed by atoms with van der Waals surface area (Å²) >= 11 is 0. The van der Waals surface area contributed by atoms with E-state index >= 15 is 0 Å². The van der Waals surface area contributed by atoms with Crippen LogP contribution < -0.4 is 10.6 Å². The van der Waals surface area contributed by atoms with Gasteiger partial charge in [0.15, 0.2) is 0 Å². The summed E-state index contributed by atoms with van der Waals surface area (Å²) in [4.78, 5) is 30.9. The van der Waals surface area contributed by atoms with E-state index in [1.54, 1.807) is 4.90 Å². The number of alkyl halides is 2. The molecule has 1 aromatic rings. The molecule has 9 heteroatoms. The van der Waals surface area contributed by atoms with E-state index in [4.69, 9.17) is 0 Å². The predicted molar refractivity (Wildman–Crippen MR) is 108 cm³/mol. The van der Waals surface area contributed by atoms with Crippen LogP contribution in [0.15, 0.2) is 24.5 Å². The molecule has 7 nitrogen and oxygen atoms in total. The molecule has 3 fully saturated rings. The van der Waals surface area contributed by atoms with Crippen molar-refractivity contribution >= 4 is 11.9 Å². The summed E-state index contributed by atoms with van der Waals surface area (Å²) in [5.74, 6) is -3.78. The number of aromatic nitrogens is 1. The van der Waals surface area contributed by atoms with E-state index in [0.717, 1.165) is 19.0 Å². The highest BCUT2D eigenvalue weighted by molar-refractivity contribution is 5.88. The zero-order chi connectivity index (χ0) is 22.1. The monoisotopic (exact) mass is 431 g/mol. The van der Waals surface area contributed by atoms with Gasteiger partial charge >= 0.3 is 6.03 Å². The number of halogens is 2. The van der Waals surface area contributed by atoms with Crippen molar-refractivity contribution in [2.75, 3.05) is 13.1 Å². The van der Waals surface area contributed by atoms with Gasteiger partial charge in [-0.1, -0.05) is 0 Å². The number of nitriles is 1. The van der Waals surface area contributed by atoms with Gasteiger partial charge in [-0.2, -0.15) is 5.26 Å². The lowest BCUT2D eigenvalue weighted by atomic mass is 9.94. The number of nitrogens with one attached hydrogen (secondary N) is 2. The highest BCUT2D eigenvalue weighted by Crippen LogP contribution is 2.53. The second-order valence-electron chi connectivity index (χ2n) is 9.16. The van der Waals surface area contributed by atoms with E-state index in [2.05, 4.69) is 21.7 Å². The van der Waals surface area contributed by atoms with E-state index in [0.29, 0.717) is 31.3 Å². The molecule has 4 rings (SSSR count). The lowest BCUT2D eigenvalue weighted by Crippen LogP contribution is -2.54. The Morgan fingerprint density at radius 1 is 1.23 bits per heavy atom. The summed E-state index contributed by atoms with van der Waals surface area (Å²) in [6, 6.07) is 3.22. The van der Waals surface area contributed by atoms with Crippen LogP contribution in [-0.4, -0.2) is 46.5 Å². The quantitative estimate of drug-likeness (QED) is 0.693. The Morgan fingerprint density at radius 3 is 2.48 bits per heavy atom. The number of rotatable bonds is 7. The first-order valence-electron chi connectivity index (χ1n) is 10.8. The number of carbonyl (C=O) groups is 2. The van der Waals surface area contributed by atoms with Crippen LogP contribution in [0.2, 0.25) is 0 Å². The third kappa shape index (κ3) is 4.94. The van der Waals surface area contributed by atoms with Gasteiger partial charge in [-0.05, 0) is 62.5 Å². The molecule has 0 radical (unpaired) electrons. The molecular weight excluding hydrogens is 404 g/mol. The number of urea groups is 1. The summed E-state index contributed by atoms with van der Waals surface area (Å²) in [5.41, 5.74) is -0.776. The second-order valence-corrected chi connectivity index (χ2v) is 9.16. The van der Waals surface area contributed by atoms with Gasteiger partial charge in [-0.25, -0.2) is 13.6 Å². The Balaban J connectivity index is 1.40. The lowest BCUT2D eigenvalue weighted by Gasteiger charge is -2.33. The minimum atomic E-state index is -3.19. The summed E-state index contributed by atoms with van der Waals surface area (Å²) in [5, 5.41) is 14.5. The maximum absolute atomic E-state index is 14.6. The molecule has 0 aromatic carbocycles. The molecule has 1 saturated heterocycles. The maximum Gasteiger partial charge on any atom is 0.318 e. The van der Waals surface area contributed by atoms with Crippen LogP contribution in [0.4, 0.5) is 13.6 Å². The zero-order valence-corrected chi connectivity index (χ0v) is 17.4. The van der Waals surface area contributed by atoms with Crippen molar-refractivity contribution in [3.8, 4) is 6.07 Å². The number of pyridine rings is 1. The van der Waals surface area contributed by atoms with Crippen LogP contribution in [0, 0.1) is 16.7 Å². The Hall–Kier alpha value is -2.76. The second kappa shape index (κ2) is 8.06. The maximum atomic E-state index is 14.6. The fraction of sp³-hybridized carbons (Fsp3) is 0.636. The van der Waals surface area contributed by atoms with Gasteiger partial charge in [0, 0.05) is 37.5 Å². The predicted octanol–water partition coefficient (Wildman–Crippen LogP) is 3.08. The van der Waals surface area contributed by atoms with Gasteiger partial charge in [-0.15, -0.1) is 0 Å². The molecule has 1 spiro atoms. The van der Waals surface area contributed by atoms with Gasteiger partial charge in [0.25, 0.3) is 5.92 Å². The van der Waals surface area contributed by atoms with Crippen molar-refractivity contribution in [1.82, 2.24) is 20.5 Å². The molecule has 1 aromatic heterocycles. The van der Waals surface area contributed by atoms with Gasteiger partial charge in [-0.3, -0.25) is 9.78 Å². The van der Waals surface area contributed by atoms with E-state index in [9.17, 15) is 23.6 Å². The van der Waals surface area contributed by atoms with Crippen molar-refractivity contribution < 1.29 is 18.4 Å². The fourth-order valence-electron chi connectivity index (χ4n) is 4.13. The van der Waals surface area contributed by atoms with Gasteiger partial charge in [0.05, 0.1) is 6.07 Å². The smallest absolute Gasteiger partial charge is 0.318 e. The van der Waals surface area contributed by atoms with Crippen molar-refractivity contribution in [2.45, 2.75) is 68.9 Å². The molecule has 3 amide bonds. The summed E-state index contributed by atoms with van der Waals surface area (Å²) in [7, 11) is 0. The van der Waals surface area contributed by atoms with Crippen LogP contribution in [0.1, 0.15) is 56.9 Å². The number of likely N-dealkylation sites (tertiary alicyclic amines) is 1. The first-order chi connectivity index (χ1) is 14.8. The molecule has 0 unspecified atom stereocenters. The minimum absolute atomic E-state index is 0.234. The SMILES string of the molecule is N#CC1(NC(=O)[C@H](CCC(F)(F)c2cccnc2)NC(=O)N2CCC3(CC2)CC3)CC1. The van der Waals surface area contributed by atoms with Crippen LogP contribution in [0.25, 0.3) is 0 Å². The van der Waals surface area contributed by atoms with Crippen LogP contribution in [0.3, 0.4) is 0 Å². The minimum Gasteiger partial charge on any atom is -0.336 e. The standard InChI is InChI=1S/C22H27F2N5O2/c23-22(24,16-2-1-11-26-14-16)4-3-17(18(30)28-21(15-25)7-8-21)27-19(31)29-12-9-20(5-6-20)10-13-29/h1-2,11,14,17H,3-10,12-13H2,(H,27,31)(H,28,30)/t17-/m0/s1. The Morgan fingerprint density at radius 2 is 1.94 bits per heavy atom. The van der Waals surface area contributed by atoms with Crippen LogP contribution in [0.5, 0.6) is 0 Å². The van der Waals surface area contributed by atoms with Crippen molar-refractivity contribution in [1.29, 1.82) is 5.26 Å². The third-order valence-electron chi connectivity index (χ3n) is 6.84. The third-order valence-corrected chi connectivity index (χ3v) is 6.84. The summed E-state index contributed by atoms with van der Waals surface area (Å²) in [6.45, 7) is 1.21. The Kier molecular flexibility index (Phi) is 5.58. The molecule has 2 aliphatic carbocycles. The largest absolute Gasteiger partial charge is 0.336 e. The number of nitrogens with zero attached hydrogens (tertiary/aromatic N) is 3. The summed E-state index contributed by atoms with van der Waals surface area (Å²) < 4.78 is 29.3. The van der Waals surface area contributed by atoms with E-state index in [1.165, 1.54) is 31.2 Å². The number of hydrogen-bond donors (Lipinski definition) is 2. The molecule has 2 N–H and O–H groups in total. The first kappa shape index (κ1) is 21.5. The average molecular weight is 431 g/mol. The van der Waals surface area contributed by atoms with E-state index in [1.807, 2.05) is 0 Å². The molecule has 31 heavy (non-hydrogen) atoms. The highest BCUT2D eigenvalue weighted by atomic mass is 19.3. The van der Waals surface area contributed by atoms with Gasteiger partial charge in [0.2, 0.25) is 5.91 Å². The summed E-state index contributed by atoms with van der Waals surface area (Å²) in [6.07, 6.45) is 6.97. The number of carbonyl (C=O) groups excluding carboxylic acids is 2. The van der Waals surface area contributed by atoms with Crippen LogP contribution >= 0.6 is 0 Å². The average Bonchev–Trinajstić information content (AvgIpc) is 3.70. The fourth-order valence-corrected chi connectivity index (χ4v) is 4.13. The van der Waals surface area contributed by atoms with E-state index < -0.39 is 35.9 Å². The molecule has 2 saturated carbocycles. The molecule has 166 valence electrons.